The van der Waals surface area contributed by atoms with E-state index in [-0.39, 0.29) is 0 Å². The molecule has 1 unspecified atom stereocenters. The van der Waals surface area contributed by atoms with E-state index in [1.54, 1.807) is 5.57 Å². The summed E-state index contributed by atoms with van der Waals surface area (Å²) >= 11 is 0. The van der Waals surface area contributed by atoms with Crippen LogP contribution in [0.3, 0.4) is 0 Å². The van der Waals surface area contributed by atoms with Gasteiger partial charge in [0.05, 0.1) is 0 Å². The van der Waals surface area contributed by atoms with Crippen LogP contribution in [0.5, 0.6) is 0 Å². The molecule has 2 rings (SSSR count). The van der Waals surface area contributed by atoms with Crippen LogP contribution >= 0.6 is 0 Å². The lowest BCUT2D eigenvalue weighted by molar-refractivity contribution is 0.298. The standard InChI is InChI=1S/C12H19N/c1-3-4-10-7-12(11-5-6-11)9-13(2)8-10/h3,7,10-11H,1,4-6,8-9H2,2H3. The lowest BCUT2D eigenvalue weighted by Crippen LogP contribution is -2.31. The monoisotopic (exact) mass is 177 g/mol. The Morgan fingerprint density at radius 3 is 3.00 bits per heavy atom. The van der Waals surface area contributed by atoms with Crippen LogP contribution in [0.2, 0.25) is 0 Å². The Morgan fingerprint density at radius 2 is 2.38 bits per heavy atom. The second kappa shape index (κ2) is 3.67. The fourth-order valence-corrected chi connectivity index (χ4v) is 2.26. The Morgan fingerprint density at radius 1 is 1.62 bits per heavy atom. The van der Waals surface area contributed by atoms with Crippen molar-refractivity contribution in [2.24, 2.45) is 11.8 Å². The molecule has 1 heteroatoms. The molecule has 13 heavy (non-hydrogen) atoms. The molecule has 0 spiro atoms. The van der Waals surface area contributed by atoms with Gasteiger partial charge in [-0.15, -0.1) is 6.58 Å². The van der Waals surface area contributed by atoms with Crippen LogP contribution in [0.4, 0.5) is 0 Å². The number of hydrogen-bond acceptors (Lipinski definition) is 1. The second-order valence-corrected chi connectivity index (χ2v) is 4.50. The molecule has 1 nitrogen and oxygen atoms in total. The fourth-order valence-electron chi connectivity index (χ4n) is 2.26. The zero-order chi connectivity index (χ0) is 9.26. The van der Waals surface area contributed by atoms with Gasteiger partial charge in [-0.25, -0.2) is 0 Å². The first-order chi connectivity index (χ1) is 6.29. The van der Waals surface area contributed by atoms with Crippen LogP contribution in [-0.4, -0.2) is 25.0 Å². The van der Waals surface area contributed by atoms with E-state index in [2.05, 4.69) is 24.6 Å². The highest BCUT2D eigenvalue weighted by Crippen LogP contribution is 2.38. The van der Waals surface area contributed by atoms with Gasteiger partial charge in [-0.3, -0.25) is 0 Å². The highest BCUT2D eigenvalue weighted by molar-refractivity contribution is 5.18. The minimum Gasteiger partial charge on any atom is -0.302 e. The van der Waals surface area contributed by atoms with E-state index in [0.29, 0.717) is 0 Å². The minimum atomic E-state index is 0.729. The highest BCUT2D eigenvalue weighted by atomic mass is 15.1. The van der Waals surface area contributed by atoms with Crippen molar-refractivity contribution in [3.05, 3.63) is 24.3 Å². The molecule has 0 saturated heterocycles. The van der Waals surface area contributed by atoms with E-state index < -0.39 is 0 Å². The minimum absolute atomic E-state index is 0.729. The second-order valence-electron chi connectivity index (χ2n) is 4.50. The van der Waals surface area contributed by atoms with Crippen molar-refractivity contribution in [2.75, 3.05) is 20.1 Å². The summed E-state index contributed by atoms with van der Waals surface area (Å²) in [5.74, 6) is 1.67. The third kappa shape index (κ3) is 2.22. The van der Waals surface area contributed by atoms with E-state index in [1.165, 1.54) is 25.9 Å². The molecule has 0 aromatic rings. The number of likely N-dealkylation sites (N-methyl/N-ethyl adjacent to an activating group) is 1. The Labute approximate surface area is 81.1 Å². The first-order valence-corrected chi connectivity index (χ1v) is 5.29. The smallest absolute Gasteiger partial charge is 0.0192 e. The number of hydrogen-bond donors (Lipinski definition) is 0. The van der Waals surface area contributed by atoms with Crippen molar-refractivity contribution in [2.45, 2.75) is 19.3 Å². The van der Waals surface area contributed by atoms with Gasteiger partial charge in [0.15, 0.2) is 0 Å². The Kier molecular flexibility index (Phi) is 2.54. The molecular formula is C12H19N. The predicted molar refractivity (Wildman–Crippen MR) is 56.6 cm³/mol. The van der Waals surface area contributed by atoms with Crippen LogP contribution in [0.25, 0.3) is 0 Å². The van der Waals surface area contributed by atoms with Crippen molar-refractivity contribution in [3.63, 3.8) is 0 Å². The Balaban J connectivity index is 2.02. The maximum Gasteiger partial charge on any atom is 0.0192 e. The molecule has 0 aromatic heterocycles. The third-order valence-corrected chi connectivity index (χ3v) is 3.02. The van der Waals surface area contributed by atoms with Gasteiger partial charge in [-0.05, 0) is 38.1 Å². The molecule has 1 saturated carbocycles. The molecule has 0 bridgehead atoms. The van der Waals surface area contributed by atoms with Gasteiger partial charge >= 0.3 is 0 Å². The van der Waals surface area contributed by atoms with E-state index in [4.69, 9.17) is 0 Å². The normalized spacial score (nSPS) is 29.9. The Hall–Kier alpha value is -0.560. The van der Waals surface area contributed by atoms with Crippen molar-refractivity contribution in [1.82, 2.24) is 4.90 Å². The first kappa shape index (κ1) is 9.01. The van der Waals surface area contributed by atoms with E-state index in [0.717, 1.165) is 18.3 Å². The molecule has 1 heterocycles. The molecule has 1 atom stereocenters. The molecule has 72 valence electrons. The van der Waals surface area contributed by atoms with E-state index in [1.807, 2.05) is 6.08 Å². The predicted octanol–water partition coefficient (Wildman–Crippen LogP) is 2.46. The summed E-state index contributed by atoms with van der Waals surface area (Å²) in [6.07, 6.45) is 8.56. The zero-order valence-electron chi connectivity index (χ0n) is 8.50. The lowest BCUT2D eigenvalue weighted by Gasteiger charge is -2.28. The van der Waals surface area contributed by atoms with E-state index in [9.17, 15) is 0 Å². The quantitative estimate of drug-likeness (QED) is 0.599. The van der Waals surface area contributed by atoms with Crippen molar-refractivity contribution < 1.29 is 0 Å². The molecule has 2 aliphatic rings. The van der Waals surface area contributed by atoms with Gasteiger partial charge < -0.3 is 4.90 Å². The molecule has 0 radical (unpaired) electrons. The number of nitrogens with zero attached hydrogens (tertiary/aromatic N) is 1. The first-order valence-electron chi connectivity index (χ1n) is 5.29. The molecule has 0 N–H and O–H groups in total. The average Bonchev–Trinajstić information content (AvgIpc) is 2.85. The largest absolute Gasteiger partial charge is 0.302 e. The third-order valence-electron chi connectivity index (χ3n) is 3.02. The van der Waals surface area contributed by atoms with Crippen LogP contribution in [0.1, 0.15) is 19.3 Å². The van der Waals surface area contributed by atoms with Crippen LogP contribution in [0.15, 0.2) is 24.3 Å². The molecule has 1 aliphatic heterocycles. The van der Waals surface area contributed by atoms with Crippen molar-refractivity contribution in [3.8, 4) is 0 Å². The number of allylic oxidation sites excluding steroid dienone is 1. The average molecular weight is 177 g/mol. The zero-order valence-corrected chi connectivity index (χ0v) is 8.50. The van der Waals surface area contributed by atoms with Gasteiger partial charge in [0.1, 0.15) is 0 Å². The molecule has 1 fully saturated rings. The molecule has 0 amide bonds. The Bertz CT molecular complexity index is 225. The van der Waals surface area contributed by atoms with E-state index >= 15 is 0 Å². The lowest BCUT2D eigenvalue weighted by atomic mass is 9.95. The summed E-state index contributed by atoms with van der Waals surface area (Å²) in [5.41, 5.74) is 1.70. The number of rotatable bonds is 3. The van der Waals surface area contributed by atoms with Crippen molar-refractivity contribution in [1.29, 1.82) is 0 Å². The molecule has 1 aliphatic carbocycles. The van der Waals surface area contributed by atoms with Crippen molar-refractivity contribution >= 4 is 0 Å². The van der Waals surface area contributed by atoms with Gasteiger partial charge in [0, 0.05) is 13.1 Å². The topological polar surface area (TPSA) is 3.24 Å². The SMILES string of the molecule is C=CCC1C=C(C2CC2)CN(C)C1. The summed E-state index contributed by atoms with van der Waals surface area (Å²) in [6, 6.07) is 0. The maximum absolute atomic E-state index is 3.82. The fraction of sp³-hybridized carbons (Fsp3) is 0.667. The summed E-state index contributed by atoms with van der Waals surface area (Å²) in [4.78, 5) is 2.45. The summed E-state index contributed by atoms with van der Waals surface area (Å²) in [5, 5.41) is 0. The molecule has 0 aromatic carbocycles. The summed E-state index contributed by atoms with van der Waals surface area (Å²) in [7, 11) is 2.23. The summed E-state index contributed by atoms with van der Waals surface area (Å²) < 4.78 is 0. The van der Waals surface area contributed by atoms with Crippen LogP contribution in [-0.2, 0) is 0 Å². The molecular weight excluding hydrogens is 158 g/mol. The van der Waals surface area contributed by atoms with Crippen LogP contribution in [0, 0.1) is 11.8 Å². The van der Waals surface area contributed by atoms with Gasteiger partial charge in [0.25, 0.3) is 0 Å². The maximum atomic E-state index is 3.82. The summed E-state index contributed by atoms with van der Waals surface area (Å²) in [6.45, 7) is 6.23. The van der Waals surface area contributed by atoms with Gasteiger partial charge in [-0.2, -0.15) is 0 Å². The van der Waals surface area contributed by atoms with Gasteiger partial charge in [0.2, 0.25) is 0 Å². The van der Waals surface area contributed by atoms with Crippen LogP contribution < -0.4 is 0 Å². The highest BCUT2D eigenvalue weighted by Gasteiger charge is 2.29. The van der Waals surface area contributed by atoms with Gasteiger partial charge in [-0.1, -0.05) is 17.7 Å².